The van der Waals surface area contributed by atoms with Crippen molar-refractivity contribution in [3.8, 4) is 0 Å². The van der Waals surface area contributed by atoms with E-state index in [4.69, 9.17) is 0 Å². The van der Waals surface area contributed by atoms with Crippen LogP contribution in [-0.4, -0.2) is 17.5 Å². The van der Waals surface area contributed by atoms with Gasteiger partial charge in [-0.25, -0.2) is 0 Å². The quantitative estimate of drug-likeness (QED) is 0.785. The summed E-state index contributed by atoms with van der Waals surface area (Å²) in [6.07, 6.45) is 11.5. The Labute approximate surface area is 147 Å². The number of hydrogen-bond acceptors (Lipinski definition) is 2. The molecule has 0 aromatic carbocycles. The lowest BCUT2D eigenvalue weighted by Gasteiger charge is -2.61. The summed E-state index contributed by atoms with van der Waals surface area (Å²) in [4.78, 5) is 12.7. The molecule has 2 heteroatoms. The molecule has 2 nitrogen and oxygen atoms in total. The highest BCUT2D eigenvalue weighted by Gasteiger charge is 2.63. The van der Waals surface area contributed by atoms with Gasteiger partial charge in [-0.1, -0.05) is 20.3 Å². The molecule has 4 fully saturated rings. The molecule has 4 aliphatic carbocycles. The van der Waals surface area contributed by atoms with E-state index in [-0.39, 0.29) is 17.9 Å². The van der Waals surface area contributed by atoms with Crippen LogP contribution in [0.2, 0.25) is 0 Å². The molecule has 0 spiro atoms. The molecule has 0 amide bonds. The SMILES string of the molecule is CC(=O)[C@]12CC[C@H]3[C@@H](CC[C@H]4C[C@H](C)CC[C@@]43C)[C@@H]1CC[C@@H]2CO. The van der Waals surface area contributed by atoms with Crippen LogP contribution in [0.15, 0.2) is 0 Å². The van der Waals surface area contributed by atoms with Crippen molar-refractivity contribution in [3.05, 3.63) is 0 Å². The first-order valence-corrected chi connectivity index (χ1v) is 10.6. The monoisotopic (exact) mass is 332 g/mol. The maximum atomic E-state index is 12.7. The van der Waals surface area contributed by atoms with E-state index in [0.29, 0.717) is 17.1 Å². The second-order valence-electron chi connectivity index (χ2n) is 10.1. The van der Waals surface area contributed by atoms with Gasteiger partial charge in [0.15, 0.2) is 0 Å². The van der Waals surface area contributed by atoms with Crippen molar-refractivity contribution in [2.45, 2.75) is 78.6 Å². The number of Topliss-reactive ketones (excluding diaryl/α,β-unsaturated/α-hetero) is 1. The van der Waals surface area contributed by atoms with E-state index in [1.54, 1.807) is 0 Å². The van der Waals surface area contributed by atoms with Gasteiger partial charge in [-0.15, -0.1) is 0 Å². The van der Waals surface area contributed by atoms with Crippen molar-refractivity contribution >= 4 is 5.78 Å². The third kappa shape index (κ3) is 2.14. The van der Waals surface area contributed by atoms with E-state index in [0.717, 1.165) is 36.5 Å². The van der Waals surface area contributed by atoms with Gasteiger partial charge in [-0.2, -0.15) is 0 Å². The summed E-state index contributed by atoms with van der Waals surface area (Å²) in [5.41, 5.74) is 0.344. The lowest BCUT2D eigenvalue weighted by molar-refractivity contribution is -0.153. The molecule has 0 saturated heterocycles. The first-order valence-electron chi connectivity index (χ1n) is 10.6. The van der Waals surface area contributed by atoms with E-state index in [1.165, 1.54) is 44.9 Å². The zero-order chi connectivity index (χ0) is 17.1. The normalized spacial score (nSPS) is 53.8. The van der Waals surface area contributed by atoms with Gasteiger partial charge >= 0.3 is 0 Å². The Bertz CT molecular complexity index is 514. The third-order valence-corrected chi connectivity index (χ3v) is 9.49. The van der Waals surface area contributed by atoms with Crippen LogP contribution in [0.1, 0.15) is 78.6 Å². The van der Waals surface area contributed by atoms with Gasteiger partial charge in [0.25, 0.3) is 0 Å². The lowest BCUT2D eigenvalue weighted by Crippen LogP contribution is -2.55. The maximum Gasteiger partial charge on any atom is 0.136 e. The molecule has 24 heavy (non-hydrogen) atoms. The number of aliphatic hydroxyl groups is 1. The van der Waals surface area contributed by atoms with E-state index in [2.05, 4.69) is 13.8 Å². The first-order chi connectivity index (χ1) is 11.4. The summed E-state index contributed by atoms with van der Waals surface area (Å²) in [6, 6.07) is 0. The first kappa shape index (κ1) is 17.1. The van der Waals surface area contributed by atoms with Crippen LogP contribution in [0.3, 0.4) is 0 Å². The Hall–Kier alpha value is -0.370. The van der Waals surface area contributed by atoms with Gasteiger partial charge < -0.3 is 5.11 Å². The fraction of sp³-hybridized carbons (Fsp3) is 0.955. The molecule has 1 N–H and O–H groups in total. The van der Waals surface area contributed by atoms with Gasteiger partial charge in [0.05, 0.1) is 0 Å². The maximum absolute atomic E-state index is 12.7. The summed E-state index contributed by atoms with van der Waals surface area (Å²) in [5, 5.41) is 9.93. The van der Waals surface area contributed by atoms with Crippen LogP contribution in [0, 0.1) is 46.3 Å². The number of hydrogen-bond donors (Lipinski definition) is 1. The second kappa shape index (κ2) is 5.83. The zero-order valence-corrected chi connectivity index (χ0v) is 15.9. The van der Waals surface area contributed by atoms with Crippen molar-refractivity contribution < 1.29 is 9.90 Å². The van der Waals surface area contributed by atoms with Gasteiger partial charge in [-0.05, 0) is 99.2 Å². The van der Waals surface area contributed by atoms with Crippen molar-refractivity contribution in [2.24, 2.45) is 46.3 Å². The Morgan fingerprint density at radius 2 is 1.83 bits per heavy atom. The molecule has 0 heterocycles. The summed E-state index contributed by atoms with van der Waals surface area (Å²) < 4.78 is 0. The van der Waals surface area contributed by atoms with Gasteiger partial charge in [0.1, 0.15) is 5.78 Å². The molecule has 0 aliphatic heterocycles. The van der Waals surface area contributed by atoms with Gasteiger partial charge in [0, 0.05) is 12.0 Å². The minimum absolute atomic E-state index is 0.179. The van der Waals surface area contributed by atoms with Crippen molar-refractivity contribution in [3.63, 3.8) is 0 Å². The van der Waals surface area contributed by atoms with Gasteiger partial charge in [-0.3, -0.25) is 4.79 Å². The number of carbonyl (C=O) groups is 1. The zero-order valence-electron chi connectivity index (χ0n) is 15.9. The fourth-order valence-corrected chi connectivity index (χ4v) is 8.24. The van der Waals surface area contributed by atoms with Crippen LogP contribution >= 0.6 is 0 Å². The van der Waals surface area contributed by atoms with Gasteiger partial charge in [0.2, 0.25) is 0 Å². The smallest absolute Gasteiger partial charge is 0.136 e. The number of fused-ring (bicyclic) bond motifs is 5. The molecule has 0 aromatic heterocycles. The highest BCUT2D eigenvalue weighted by molar-refractivity contribution is 5.83. The summed E-state index contributed by atoms with van der Waals surface area (Å²) >= 11 is 0. The topological polar surface area (TPSA) is 37.3 Å². The van der Waals surface area contributed by atoms with E-state index >= 15 is 0 Å². The lowest BCUT2D eigenvalue weighted by atomic mass is 9.43. The standard InChI is InChI=1S/C22H36O2/c1-14-8-10-21(3)16(12-14)4-6-18-19(21)9-11-22(15(2)24)17(13-23)5-7-20(18)22/h14,16-20,23H,4-13H2,1-3H3/t14-,16+,17-,18-,19+,20+,21+,22+/m1/s1. The van der Waals surface area contributed by atoms with Crippen LogP contribution in [0.4, 0.5) is 0 Å². The summed E-state index contributed by atoms with van der Waals surface area (Å²) in [6.45, 7) is 7.07. The number of ketones is 1. The molecule has 136 valence electrons. The predicted molar refractivity (Wildman–Crippen MR) is 96.5 cm³/mol. The molecular weight excluding hydrogens is 296 g/mol. The average molecular weight is 333 g/mol. The second-order valence-corrected chi connectivity index (χ2v) is 10.1. The van der Waals surface area contributed by atoms with Crippen LogP contribution in [0.5, 0.6) is 0 Å². The Balaban J connectivity index is 1.66. The van der Waals surface area contributed by atoms with Crippen LogP contribution < -0.4 is 0 Å². The minimum atomic E-state index is -0.179. The molecule has 0 radical (unpaired) electrons. The van der Waals surface area contributed by atoms with Crippen molar-refractivity contribution in [1.82, 2.24) is 0 Å². The number of rotatable bonds is 2. The number of carbonyl (C=O) groups excluding carboxylic acids is 1. The molecular formula is C22H36O2. The van der Waals surface area contributed by atoms with Crippen molar-refractivity contribution in [2.75, 3.05) is 6.61 Å². The van der Waals surface area contributed by atoms with E-state index < -0.39 is 0 Å². The fourth-order valence-electron chi connectivity index (χ4n) is 8.24. The molecule has 0 unspecified atom stereocenters. The predicted octanol–water partition coefficient (Wildman–Crippen LogP) is 4.84. The minimum Gasteiger partial charge on any atom is -0.396 e. The largest absolute Gasteiger partial charge is 0.396 e. The summed E-state index contributed by atoms with van der Waals surface area (Å²) in [7, 11) is 0. The Morgan fingerprint density at radius 1 is 1.04 bits per heavy atom. The molecule has 0 aromatic rings. The highest BCUT2D eigenvalue weighted by atomic mass is 16.3. The van der Waals surface area contributed by atoms with Crippen LogP contribution in [0.25, 0.3) is 0 Å². The molecule has 4 rings (SSSR count). The van der Waals surface area contributed by atoms with Crippen molar-refractivity contribution in [1.29, 1.82) is 0 Å². The van der Waals surface area contributed by atoms with Crippen LogP contribution in [-0.2, 0) is 4.79 Å². The average Bonchev–Trinajstić information content (AvgIpc) is 2.95. The molecule has 8 atom stereocenters. The number of aliphatic hydroxyl groups excluding tert-OH is 1. The Kier molecular flexibility index (Phi) is 4.14. The summed E-state index contributed by atoms with van der Waals surface area (Å²) in [5.74, 6) is 4.58. The third-order valence-electron chi connectivity index (χ3n) is 9.49. The van der Waals surface area contributed by atoms with E-state index in [9.17, 15) is 9.90 Å². The highest BCUT2D eigenvalue weighted by Crippen LogP contribution is 2.67. The molecule has 4 saturated carbocycles. The molecule has 0 bridgehead atoms. The Morgan fingerprint density at radius 3 is 2.54 bits per heavy atom. The molecule has 4 aliphatic rings. The van der Waals surface area contributed by atoms with E-state index in [1.807, 2.05) is 6.92 Å².